The summed E-state index contributed by atoms with van der Waals surface area (Å²) in [6.45, 7) is 0. The number of aliphatic hydroxyl groups is 1. The first kappa shape index (κ1) is 11.0. The predicted octanol–water partition coefficient (Wildman–Crippen LogP) is 0.884. The molecule has 5 heteroatoms. The zero-order valence-electron chi connectivity index (χ0n) is 6.87. The highest BCUT2D eigenvalue weighted by molar-refractivity contribution is 6.26. The van der Waals surface area contributed by atoms with Crippen molar-refractivity contribution >= 4 is 34.8 Å². The monoisotopic (exact) mass is 224 g/mol. The first-order chi connectivity index (χ1) is 6.00. The molecule has 1 aliphatic carbocycles. The van der Waals surface area contributed by atoms with Gasteiger partial charge in [-0.25, -0.2) is 0 Å². The van der Waals surface area contributed by atoms with Gasteiger partial charge >= 0.3 is 0 Å². The maximum absolute atomic E-state index is 11.1. The van der Waals surface area contributed by atoms with Crippen LogP contribution in [0.5, 0.6) is 0 Å². The van der Waals surface area contributed by atoms with Crippen LogP contribution in [0.4, 0.5) is 0 Å². The van der Waals surface area contributed by atoms with Gasteiger partial charge in [-0.3, -0.25) is 9.59 Å². The highest BCUT2D eigenvalue weighted by Crippen LogP contribution is 2.21. The third-order valence-electron chi connectivity index (χ3n) is 1.97. The second-order valence-electron chi connectivity index (χ2n) is 3.17. The lowest BCUT2D eigenvalue weighted by Crippen LogP contribution is -2.36. The Labute approximate surface area is 86.0 Å². The number of Topliss-reactive ketones (excluding diaryl/α,β-unsaturated/α-hetero) is 2. The number of hydrogen-bond donors (Lipinski definition) is 1. The van der Waals surface area contributed by atoms with Crippen molar-refractivity contribution in [3.63, 3.8) is 0 Å². The van der Waals surface area contributed by atoms with Crippen LogP contribution in [-0.2, 0) is 9.59 Å². The zero-order valence-corrected chi connectivity index (χ0v) is 8.38. The summed E-state index contributed by atoms with van der Waals surface area (Å²) < 4.78 is 0. The molecule has 0 aromatic heterocycles. The van der Waals surface area contributed by atoms with Crippen LogP contribution < -0.4 is 0 Å². The summed E-state index contributed by atoms with van der Waals surface area (Å²) in [5.74, 6) is -1.01. The van der Waals surface area contributed by atoms with Crippen LogP contribution in [0.3, 0.4) is 0 Å². The third kappa shape index (κ3) is 2.93. The molecule has 0 radical (unpaired) electrons. The number of aliphatic hydroxyl groups excluding tert-OH is 1. The van der Waals surface area contributed by atoms with Crippen molar-refractivity contribution in [3.05, 3.63) is 0 Å². The summed E-state index contributed by atoms with van der Waals surface area (Å²) in [4.78, 5) is 22.2. The Balaban J connectivity index is 2.70. The summed E-state index contributed by atoms with van der Waals surface area (Å²) in [6, 6.07) is 0. The van der Waals surface area contributed by atoms with Crippen molar-refractivity contribution in [3.8, 4) is 0 Å². The fourth-order valence-electron chi connectivity index (χ4n) is 1.28. The summed E-state index contributed by atoms with van der Waals surface area (Å²) in [5.41, 5.74) is 0. The molecule has 1 N–H and O–H groups in total. The van der Waals surface area contributed by atoms with E-state index in [0.29, 0.717) is 6.42 Å². The van der Waals surface area contributed by atoms with Gasteiger partial charge in [0, 0.05) is 23.6 Å². The number of halogens is 2. The second-order valence-corrected chi connectivity index (χ2v) is 4.41. The van der Waals surface area contributed by atoms with Gasteiger partial charge < -0.3 is 5.11 Å². The molecule has 1 rings (SSSR count). The standard InChI is InChI=1S/C8H10Cl2O3/c9-4-1-5(10)3-7(12)8(13)6(11)2-4/h4-5,8,13H,1-3H2. The van der Waals surface area contributed by atoms with Crippen molar-refractivity contribution in [2.45, 2.75) is 36.1 Å². The average molecular weight is 225 g/mol. The van der Waals surface area contributed by atoms with Crippen molar-refractivity contribution in [2.24, 2.45) is 0 Å². The molecule has 0 spiro atoms. The maximum atomic E-state index is 11.1. The van der Waals surface area contributed by atoms with Gasteiger partial charge in [-0.15, -0.1) is 23.2 Å². The molecular weight excluding hydrogens is 215 g/mol. The van der Waals surface area contributed by atoms with Crippen molar-refractivity contribution in [1.82, 2.24) is 0 Å². The summed E-state index contributed by atoms with van der Waals surface area (Å²) in [6.07, 6.45) is -1.08. The number of rotatable bonds is 0. The first-order valence-corrected chi connectivity index (χ1v) is 4.89. The van der Waals surface area contributed by atoms with Gasteiger partial charge in [0.05, 0.1) is 0 Å². The van der Waals surface area contributed by atoms with E-state index in [1.807, 2.05) is 0 Å². The van der Waals surface area contributed by atoms with Gasteiger partial charge in [0.1, 0.15) is 0 Å². The fraction of sp³-hybridized carbons (Fsp3) is 0.750. The molecule has 0 aromatic carbocycles. The summed E-state index contributed by atoms with van der Waals surface area (Å²) in [5, 5.41) is 8.42. The van der Waals surface area contributed by atoms with Crippen LogP contribution in [0, 0.1) is 0 Å². The molecule has 0 amide bonds. The van der Waals surface area contributed by atoms with Crippen molar-refractivity contribution < 1.29 is 14.7 Å². The topological polar surface area (TPSA) is 54.4 Å². The van der Waals surface area contributed by atoms with E-state index in [0.717, 1.165) is 0 Å². The molecule has 0 bridgehead atoms. The Morgan fingerprint density at radius 2 is 1.46 bits per heavy atom. The number of ketones is 2. The Hall–Kier alpha value is -0.120. The van der Waals surface area contributed by atoms with Gasteiger partial charge in [-0.1, -0.05) is 0 Å². The lowest BCUT2D eigenvalue weighted by molar-refractivity contribution is -0.139. The van der Waals surface area contributed by atoms with Gasteiger partial charge in [-0.2, -0.15) is 0 Å². The molecule has 2 unspecified atom stereocenters. The van der Waals surface area contributed by atoms with Crippen LogP contribution in [0.1, 0.15) is 19.3 Å². The number of carbonyl (C=O) groups excluding carboxylic acids is 2. The Morgan fingerprint density at radius 3 is 1.85 bits per heavy atom. The van der Waals surface area contributed by atoms with Gasteiger partial charge in [0.15, 0.2) is 17.7 Å². The number of carbonyl (C=O) groups is 2. The highest BCUT2D eigenvalue weighted by Gasteiger charge is 2.31. The normalized spacial score (nSPS) is 37.0. The quantitative estimate of drug-likeness (QED) is 0.492. The molecule has 0 saturated heterocycles. The van der Waals surface area contributed by atoms with Gasteiger partial charge in [-0.05, 0) is 6.42 Å². The molecule has 0 aromatic rings. The van der Waals surface area contributed by atoms with E-state index in [2.05, 4.69) is 0 Å². The van der Waals surface area contributed by atoms with Crippen molar-refractivity contribution in [1.29, 1.82) is 0 Å². The third-order valence-corrected chi connectivity index (χ3v) is 2.63. The van der Waals surface area contributed by atoms with E-state index in [1.54, 1.807) is 0 Å². The molecule has 0 aliphatic heterocycles. The lowest BCUT2D eigenvalue weighted by Gasteiger charge is -2.19. The van der Waals surface area contributed by atoms with Crippen LogP contribution in [0.15, 0.2) is 0 Å². The zero-order chi connectivity index (χ0) is 10.0. The van der Waals surface area contributed by atoms with E-state index in [9.17, 15) is 14.7 Å². The smallest absolute Gasteiger partial charge is 0.170 e. The largest absolute Gasteiger partial charge is 0.378 e. The maximum Gasteiger partial charge on any atom is 0.170 e. The minimum absolute atomic E-state index is 0.0116. The van der Waals surface area contributed by atoms with Crippen LogP contribution in [0.25, 0.3) is 0 Å². The average Bonchev–Trinajstić information content (AvgIpc) is 2.00. The van der Waals surface area contributed by atoms with Crippen LogP contribution in [-0.4, -0.2) is 33.5 Å². The molecule has 1 fully saturated rings. The lowest BCUT2D eigenvalue weighted by atomic mass is 9.96. The van der Waals surface area contributed by atoms with E-state index in [1.165, 1.54) is 0 Å². The molecule has 74 valence electrons. The molecule has 2 atom stereocenters. The van der Waals surface area contributed by atoms with E-state index >= 15 is 0 Å². The van der Waals surface area contributed by atoms with Crippen molar-refractivity contribution in [2.75, 3.05) is 0 Å². The number of alkyl halides is 2. The minimum atomic E-state index is -1.53. The Morgan fingerprint density at radius 1 is 1.08 bits per heavy atom. The second kappa shape index (κ2) is 4.40. The van der Waals surface area contributed by atoms with Crippen LogP contribution >= 0.6 is 23.2 Å². The van der Waals surface area contributed by atoms with E-state index in [4.69, 9.17) is 23.2 Å². The number of hydrogen-bond acceptors (Lipinski definition) is 3. The predicted molar refractivity (Wildman–Crippen MR) is 49.2 cm³/mol. The Bertz CT molecular complexity index is 207. The molecule has 13 heavy (non-hydrogen) atoms. The van der Waals surface area contributed by atoms with Crippen LogP contribution in [0.2, 0.25) is 0 Å². The van der Waals surface area contributed by atoms with Gasteiger partial charge in [0.2, 0.25) is 0 Å². The highest BCUT2D eigenvalue weighted by atomic mass is 35.5. The molecule has 0 heterocycles. The minimum Gasteiger partial charge on any atom is -0.378 e. The fourth-order valence-corrected chi connectivity index (χ4v) is 2.11. The first-order valence-electron chi connectivity index (χ1n) is 4.02. The van der Waals surface area contributed by atoms with E-state index in [-0.39, 0.29) is 23.6 Å². The Kier molecular flexibility index (Phi) is 3.71. The summed E-state index contributed by atoms with van der Waals surface area (Å²) in [7, 11) is 0. The SMILES string of the molecule is O=C1CC(Cl)CC(Cl)CC(=O)C1O. The van der Waals surface area contributed by atoms with Gasteiger partial charge in [0.25, 0.3) is 0 Å². The molecule has 3 nitrogen and oxygen atoms in total. The van der Waals surface area contributed by atoms with E-state index < -0.39 is 17.7 Å². The molecule has 1 saturated carbocycles. The molecule has 1 aliphatic rings. The summed E-state index contributed by atoms with van der Waals surface area (Å²) >= 11 is 11.5. The molecular formula is C8H10Cl2O3.